The Labute approximate surface area is 63.9 Å². The smallest absolute Gasteiger partial charge is 0.166 e. The minimum Gasteiger partial charge on any atom is -0.242 e. The van der Waals surface area contributed by atoms with Crippen LogP contribution in [0.15, 0.2) is 17.4 Å². The molecule has 0 N–H and O–H groups in total. The highest BCUT2D eigenvalue weighted by molar-refractivity contribution is 7.78. The van der Waals surface area contributed by atoms with E-state index < -0.39 is 0 Å². The lowest BCUT2D eigenvalue weighted by Crippen LogP contribution is -1.80. The summed E-state index contributed by atoms with van der Waals surface area (Å²) < 4.78 is 0. The number of thiocarbonyl (C=S) groups is 1. The molecule has 0 aliphatic heterocycles. The van der Waals surface area contributed by atoms with E-state index in [4.69, 9.17) is 0 Å². The van der Waals surface area contributed by atoms with Gasteiger partial charge in [0.15, 0.2) is 5.82 Å². The monoisotopic (exact) mass is 151 g/mol. The maximum Gasteiger partial charge on any atom is 0.166 e. The average Bonchev–Trinajstić information content (AvgIpc) is 1.88. The summed E-state index contributed by atoms with van der Waals surface area (Å²) in [4.78, 5) is 11.4. The van der Waals surface area contributed by atoms with E-state index in [-0.39, 0.29) is 0 Å². The van der Waals surface area contributed by atoms with E-state index in [1.807, 2.05) is 6.92 Å². The minimum absolute atomic E-state index is 0.558. The molecule has 0 aliphatic carbocycles. The molecule has 1 heterocycles. The standard InChI is InChI=1S/C6H5N3S/c1-5-2-6(9-4-10)8-3-7-5/h2-3H,1H3. The molecule has 0 aromatic carbocycles. The van der Waals surface area contributed by atoms with Crippen molar-refractivity contribution in [1.82, 2.24) is 9.97 Å². The van der Waals surface area contributed by atoms with E-state index in [2.05, 4.69) is 32.3 Å². The lowest BCUT2D eigenvalue weighted by molar-refractivity contribution is 1.09. The lowest BCUT2D eigenvalue weighted by atomic mass is 10.4. The topological polar surface area (TPSA) is 38.1 Å². The number of nitrogens with zero attached hydrogens (tertiary/aromatic N) is 3. The zero-order valence-electron chi connectivity index (χ0n) is 5.40. The van der Waals surface area contributed by atoms with E-state index >= 15 is 0 Å². The predicted molar refractivity (Wildman–Crippen MR) is 41.5 cm³/mol. The van der Waals surface area contributed by atoms with Gasteiger partial charge in [0, 0.05) is 11.8 Å². The molecular formula is C6H5N3S. The van der Waals surface area contributed by atoms with Crippen LogP contribution in [0.5, 0.6) is 0 Å². The summed E-state index contributed by atoms with van der Waals surface area (Å²) in [6.45, 7) is 1.87. The fourth-order valence-corrected chi connectivity index (χ4v) is 0.642. The van der Waals surface area contributed by atoms with Crippen molar-refractivity contribution in [2.45, 2.75) is 6.92 Å². The lowest BCUT2D eigenvalue weighted by Gasteiger charge is -1.89. The number of hydrogen-bond acceptors (Lipinski definition) is 4. The third kappa shape index (κ3) is 1.69. The summed E-state index contributed by atoms with van der Waals surface area (Å²) in [6, 6.07) is 1.74. The number of aliphatic imine (C=N–C) groups is 1. The van der Waals surface area contributed by atoms with E-state index in [1.54, 1.807) is 6.07 Å². The molecule has 10 heavy (non-hydrogen) atoms. The summed E-state index contributed by atoms with van der Waals surface area (Å²) >= 11 is 4.40. The quantitative estimate of drug-likeness (QED) is 0.451. The average molecular weight is 151 g/mol. The highest BCUT2D eigenvalue weighted by atomic mass is 32.1. The van der Waals surface area contributed by atoms with Crippen molar-refractivity contribution < 1.29 is 0 Å². The van der Waals surface area contributed by atoms with Gasteiger partial charge in [0.2, 0.25) is 0 Å². The van der Waals surface area contributed by atoms with E-state index in [9.17, 15) is 0 Å². The summed E-state index contributed by atoms with van der Waals surface area (Å²) in [5.74, 6) is 0.558. The van der Waals surface area contributed by atoms with Crippen molar-refractivity contribution in [1.29, 1.82) is 0 Å². The van der Waals surface area contributed by atoms with Crippen molar-refractivity contribution in [2.24, 2.45) is 4.99 Å². The highest BCUT2D eigenvalue weighted by Crippen LogP contribution is 2.04. The highest BCUT2D eigenvalue weighted by Gasteiger charge is 1.88. The van der Waals surface area contributed by atoms with Gasteiger partial charge < -0.3 is 0 Å². The summed E-state index contributed by atoms with van der Waals surface area (Å²) in [6.07, 6.45) is 1.45. The molecule has 0 spiro atoms. The third-order valence-electron chi connectivity index (χ3n) is 0.950. The molecule has 0 aliphatic rings. The van der Waals surface area contributed by atoms with Gasteiger partial charge in [-0.1, -0.05) is 0 Å². The van der Waals surface area contributed by atoms with Crippen molar-refractivity contribution in [3.8, 4) is 0 Å². The maximum absolute atomic E-state index is 4.40. The number of hydrogen-bond donors (Lipinski definition) is 0. The van der Waals surface area contributed by atoms with Gasteiger partial charge in [-0.2, -0.15) is 4.99 Å². The van der Waals surface area contributed by atoms with Crippen LogP contribution in [-0.4, -0.2) is 15.1 Å². The van der Waals surface area contributed by atoms with Gasteiger partial charge in [0.05, 0.1) is 5.16 Å². The van der Waals surface area contributed by atoms with Gasteiger partial charge in [-0.15, -0.1) is 0 Å². The molecular weight excluding hydrogens is 146 g/mol. The Kier molecular flexibility index (Phi) is 2.20. The third-order valence-corrected chi connectivity index (χ3v) is 1.04. The van der Waals surface area contributed by atoms with Gasteiger partial charge in [-0.05, 0) is 19.1 Å². The molecule has 0 bridgehead atoms. The summed E-state index contributed by atoms with van der Waals surface area (Å²) in [5, 5.41) is 2.23. The number of rotatable bonds is 1. The second kappa shape index (κ2) is 3.15. The Bertz CT molecular complexity index is 278. The SMILES string of the molecule is Cc1cc(N=C=S)ncn1. The molecule has 4 heteroatoms. The Hall–Kier alpha value is -1.12. The first-order valence-corrected chi connectivity index (χ1v) is 3.10. The maximum atomic E-state index is 4.40. The van der Waals surface area contributed by atoms with Crippen LogP contribution in [0.3, 0.4) is 0 Å². The molecule has 0 fully saturated rings. The van der Waals surface area contributed by atoms with Crippen LogP contribution >= 0.6 is 12.2 Å². The molecule has 0 unspecified atom stereocenters. The van der Waals surface area contributed by atoms with Gasteiger partial charge >= 0.3 is 0 Å². The van der Waals surface area contributed by atoms with Crippen LogP contribution < -0.4 is 0 Å². The normalized spacial score (nSPS) is 8.50. The first-order chi connectivity index (χ1) is 4.83. The van der Waals surface area contributed by atoms with Gasteiger partial charge in [-0.25, -0.2) is 9.97 Å². The van der Waals surface area contributed by atoms with Crippen LogP contribution in [0.2, 0.25) is 0 Å². The van der Waals surface area contributed by atoms with E-state index in [1.165, 1.54) is 6.33 Å². The largest absolute Gasteiger partial charge is 0.242 e. The summed E-state index contributed by atoms with van der Waals surface area (Å²) in [5.41, 5.74) is 0.874. The van der Waals surface area contributed by atoms with Gasteiger partial charge in [0.1, 0.15) is 6.33 Å². The Balaban J connectivity index is 3.06. The Morgan fingerprint density at radius 2 is 2.40 bits per heavy atom. The molecule has 1 aromatic rings. The second-order valence-corrected chi connectivity index (χ2v) is 1.90. The summed E-state index contributed by atoms with van der Waals surface area (Å²) in [7, 11) is 0. The molecule has 0 saturated carbocycles. The zero-order chi connectivity index (χ0) is 7.40. The Morgan fingerprint density at radius 3 is 3.00 bits per heavy atom. The van der Waals surface area contributed by atoms with Crippen LogP contribution in [-0.2, 0) is 0 Å². The van der Waals surface area contributed by atoms with Crippen LogP contribution in [0, 0.1) is 6.92 Å². The molecule has 0 saturated heterocycles. The van der Waals surface area contributed by atoms with Crippen molar-refractivity contribution in [3.63, 3.8) is 0 Å². The molecule has 1 rings (SSSR count). The number of aromatic nitrogens is 2. The van der Waals surface area contributed by atoms with E-state index in [0.717, 1.165) is 5.69 Å². The fraction of sp³-hybridized carbons (Fsp3) is 0.167. The molecule has 0 amide bonds. The zero-order valence-corrected chi connectivity index (χ0v) is 6.22. The van der Waals surface area contributed by atoms with Crippen LogP contribution in [0.25, 0.3) is 0 Å². The van der Waals surface area contributed by atoms with Crippen LogP contribution in [0.4, 0.5) is 5.82 Å². The number of aryl methyl sites for hydroxylation is 1. The molecule has 0 atom stereocenters. The molecule has 0 radical (unpaired) electrons. The predicted octanol–water partition coefficient (Wildman–Crippen LogP) is 1.52. The first-order valence-electron chi connectivity index (χ1n) is 2.69. The first kappa shape index (κ1) is 6.99. The fourth-order valence-electron chi connectivity index (χ4n) is 0.548. The molecule has 3 nitrogen and oxygen atoms in total. The van der Waals surface area contributed by atoms with Crippen LogP contribution in [0.1, 0.15) is 5.69 Å². The van der Waals surface area contributed by atoms with Crippen molar-refractivity contribution in [2.75, 3.05) is 0 Å². The minimum atomic E-state index is 0.558. The van der Waals surface area contributed by atoms with Gasteiger partial charge in [-0.3, -0.25) is 0 Å². The van der Waals surface area contributed by atoms with Gasteiger partial charge in [0.25, 0.3) is 0 Å². The van der Waals surface area contributed by atoms with Crippen molar-refractivity contribution >= 4 is 23.2 Å². The molecule has 50 valence electrons. The van der Waals surface area contributed by atoms with Crippen molar-refractivity contribution in [3.05, 3.63) is 18.1 Å². The molecule has 1 aromatic heterocycles. The van der Waals surface area contributed by atoms with E-state index in [0.29, 0.717) is 5.82 Å². The second-order valence-electron chi connectivity index (χ2n) is 1.72. The Morgan fingerprint density at radius 1 is 1.60 bits per heavy atom. The number of isothiocyanates is 1.